The van der Waals surface area contributed by atoms with Crippen LogP contribution in [0.15, 0.2) is 168 Å². The van der Waals surface area contributed by atoms with Gasteiger partial charge in [-0.2, -0.15) is 0 Å². The van der Waals surface area contributed by atoms with Crippen molar-refractivity contribution in [2.24, 2.45) is 0 Å². The molecule has 2 aliphatic heterocycles. The van der Waals surface area contributed by atoms with Crippen LogP contribution in [0.1, 0.15) is 22.3 Å². The van der Waals surface area contributed by atoms with Crippen LogP contribution in [0.3, 0.4) is 0 Å². The molecule has 214 valence electrons. The van der Waals surface area contributed by atoms with Crippen LogP contribution >= 0.6 is 11.8 Å². The fourth-order valence-corrected chi connectivity index (χ4v) is 10.0. The van der Waals surface area contributed by atoms with Crippen LogP contribution in [0.4, 0.5) is 0 Å². The third-order valence-corrected chi connectivity index (χ3v) is 11.6. The highest BCUT2D eigenvalue weighted by molar-refractivity contribution is 7.99. The number of fused-ring (bicyclic) bond motifs is 15. The SMILES string of the molecule is c1ccc(-n2c3ccccc3c3ccc4c(c32)Sc2ccccc2C42c3ccccc3-n3c4ccccc4c4cccc2c43)cc1. The van der Waals surface area contributed by atoms with Crippen LogP contribution in [-0.4, -0.2) is 9.13 Å². The standard InChI is InChI=1S/C43H26N2S/c1-2-13-27(14-3-1)44-36-21-8-4-16-29(36)31-25-26-35-42(41(31)44)46-39-24-11-7-19-33(39)43(35)32-18-6-10-23-38(32)45-37-22-9-5-15-28(37)30-17-12-20-34(43)40(30)45/h1-26H. The van der Waals surface area contributed by atoms with Crippen molar-refractivity contribution in [3.05, 3.63) is 180 Å². The second-order valence-electron chi connectivity index (χ2n) is 12.4. The van der Waals surface area contributed by atoms with Crippen molar-refractivity contribution in [2.45, 2.75) is 15.2 Å². The number of benzene rings is 7. The van der Waals surface area contributed by atoms with Gasteiger partial charge in [-0.15, -0.1) is 0 Å². The Hall–Kier alpha value is -5.51. The van der Waals surface area contributed by atoms with Gasteiger partial charge in [0.25, 0.3) is 0 Å². The van der Waals surface area contributed by atoms with Gasteiger partial charge in [-0.05, 0) is 58.7 Å². The number of nitrogens with zero attached hydrogens (tertiary/aromatic N) is 2. The monoisotopic (exact) mass is 602 g/mol. The second kappa shape index (κ2) is 8.81. The van der Waals surface area contributed by atoms with Crippen molar-refractivity contribution < 1.29 is 0 Å². The van der Waals surface area contributed by atoms with E-state index in [0.717, 1.165) is 0 Å². The molecule has 3 heteroatoms. The topological polar surface area (TPSA) is 9.86 Å². The lowest BCUT2D eigenvalue weighted by molar-refractivity contribution is 0.691. The van der Waals surface area contributed by atoms with Crippen molar-refractivity contribution >= 4 is 55.4 Å². The van der Waals surface area contributed by atoms with E-state index in [4.69, 9.17) is 0 Å². The van der Waals surface area contributed by atoms with E-state index in [9.17, 15) is 0 Å². The molecule has 0 saturated carbocycles. The lowest BCUT2D eigenvalue weighted by Crippen LogP contribution is -2.37. The van der Waals surface area contributed by atoms with Crippen LogP contribution in [0.5, 0.6) is 0 Å². The van der Waals surface area contributed by atoms with Crippen LogP contribution in [-0.2, 0) is 5.41 Å². The van der Waals surface area contributed by atoms with E-state index in [1.54, 1.807) is 0 Å². The number of para-hydroxylation sites is 5. The molecule has 0 N–H and O–H groups in total. The molecule has 0 bridgehead atoms. The van der Waals surface area contributed by atoms with Gasteiger partial charge in [0, 0.05) is 37.0 Å². The summed E-state index contributed by atoms with van der Waals surface area (Å²) in [6.07, 6.45) is 0. The summed E-state index contributed by atoms with van der Waals surface area (Å²) >= 11 is 1.93. The summed E-state index contributed by atoms with van der Waals surface area (Å²) in [7, 11) is 0. The fourth-order valence-electron chi connectivity index (χ4n) is 8.67. The predicted molar refractivity (Wildman–Crippen MR) is 191 cm³/mol. The van der Waals surface area contributed by atoms with Crippen molar-refractivity contribution in [2.75, 3.05) is 0 Å². The molecule has 0 radical (unpaired) electrons. The number of hydrogen-bond acceptors (Lipinski definition) is 1. The Balaban J connectivity index is 1.39. The van der Waals surface area contributed by atoms with Crippen LogP contribution in [0.2, 0.25) is 0 Å². The van der Waals surface area contributed by atoms with Crippen molar-refractivity contribution in [1.82, 2.24) is 9.13 Å². The number of hydrogen-bond donors (Lipinski definition) is 0. The second-order valence-corrected chi connectivity index (χ2v) is 13.5. The van der Waals surface area contributed by atoms with E-state index in [0.29, 0.717) is 0 Å². The summed E-state index contributed by atoms with van der Waals surface area (Å²) in [6, 6.07) is 58.6. The Bertz CT molecular complexity index is 2730. The number of aromatic nitrogens is 2. The Morgan fingerprint density at radius 2 is 1.00 bits per heavy atom. The molecule has 0 saturated heterocycles. The first-order chi connectivity index (χ1) is 22.9. The third kappa shape index (κ3) is 2.86. The maximum Gasteiger partial charge on any atom is 0.0765 e. The number of rotatable bonds is 1. The van der Waals surface area contributed by atoms with Gasteiger partial charge in [0.2, 0.25) is 0 Å². The van der Waals surface area contributed by atoms with Gasteiger partial charge < -0.3 is 9.13 Å². The Labute approximate surface area is 270 Å². The summed E-state index contributed by atoms with van der Waals surface area (Å²) in [5.74, 6) is 0. The molecular formula is C43H26N2S. The third-order valence-electron chi connectivity index (χ3n) is 10.4. The smallest absolute Gasteiger partial charge is 0.0765 e. The molecule has 46 heavy (non-hydrogen) atoms. The van der Waals surface area contributed by atoms with Crippen LogP contribution < -0.4 is 0 Å². The van der Waals surface area contributed by atoms with E-state index < -0.39 is 5.41 Å². The quantitative estimate of drug-likeness (QED) is 0.182. The van der Waals surface area contributed by atoms with Gasteiger partial charge in [-0.3, -0.25) is 0 Å². The molecule has 7 aromatic carbocycles. The highest BCUT2D eigenvalue weighted by atomic mass is 32.2. The van der Waals surface area contributed by atoms with Crippen molar-refractivity contribution in [3.63, 3.8) is 0 Å². The molecule has 1 unspecified atom stereocenters. The summed E-state index contributed by atoms with van der Waals surface area (Å²) in [4.78, 5) is 2.64. The van der Waals surface area contributed by atoms with Gasteiger partial charge in [0.15, 0.2) is 0 Å². The van der Waals surface area contributed by atoms with Gasteiger partial charge in [0.05, 0.1) is 33.2 Å². The molecule has 9 aromatic rings. The van der Waals surface area contributed by atoms with Crippen molar-refractivity contribution in [3.8, 4) is 11.4 Å². The maximum absolute atomic E-state index is 2.52. The van der Waals surface area contributed by atoms with Gasteiger partial charge in [0.1, 0.15) is 0 Å². The molecule has 2 aromatic heterocycles. The molecule has 2 nitrogen and oxygen atoms in total. The van der Waals surface area contributed by atoms with E-state index in [1.807, 2.05) is 11.8 Å². The summed E-state index contributed by atoms with van der Waals surface area (Å²) in [5, 5.41) is 5.17. The highest BCUT2D eigenvalue weighted by Crippen LogP contribution is 2.61. The van der Waals surface area contributed by atoms with E-state index in [-0.39, 0.29) is 0 Å². The summed E-state index contributed by atoms with van der Waals surface area (Å²) in [5.41, 5.74) is 12.4. The largest absolute Gasteiger partial charge is 0.309 e. The highest BCUT2D eigenvalue weighted by Gasteiger charge is 2.50. The van der Waals surface area contributed by atoms with Crippen molar-refractivity contribution in [1.29, 1.82) is 0 Å². The van der Waals surface area contributed by atoms with E-state index in [2.05, 4.69) is 167 Å². The Morgan fingerprint density at radius 1 is 0.391 bits per heavy atom. The minimum absolute atomic E-state index is 0.496. The molecule has 2 aliphatic rings. The molecule has 11 rings (SSSR count). The van der Waals surface area contributed by atoms with E-state index in [1.165, 1.54) is 87.0 Å². The molecule has 1 spiro atoms. The molecule has 4 heterocycles. The lowest BCUT2D eigenvalue weighted by Gasteiger charge is -2.45. The normalized spacial score (nSPS) is 16.3. The zero-order valence-electron chi connectivity index (χ0n) is 24.8. The first-order valence-corrected chi connectivity index (χ1v) is 16.7. The minimum atomic E-state index is -0.496. The van der Waals surface area contributed by atoms with Gasteiger partial charge >= 0.3 is 0 Å². The first kappa shape index (κ1) is 24.8. The first-order valence-electron chi connectivity index (χ1n) is 15.9. The maximum atomic E-state index is 2.52. The fraction of sp³-hybridized carbons (Fsp3) is 0.0233. The average Bonchev–Trinajstić information content (AvgIpc) is 3.65. The van der Waals surface area contributed by atoms with E-state index >= 15 is 0 Å². The predicted octanol–water partition coefficient (Wildman–Crippen LogP) is 11.0. The van der Waals surface area contributed by atoms with Gasteiger partial charge in [-0.1, -0.05) is 133 Å². The summed E-state index contributed by atoms with van der Waals surface area (Å²) < 4.78 is 5.01. The molecule has 0 fully saturated rings. The molecule has 1 atom stereocenters. The Morgan fingerprint density at radius 3 is 1.83 bits per heavy atom. The molecule has 0 aliphatic carbocycles. The lowest BCUT2D eigenvalue weighted by atomic mass is 9.62. The molecular weight excluding hydrogens is 577 g/mol. The zero-order valence-corrected chi connectivity index (χ0v) is 25.6. The minimum Gasteiger partial charge on any atom is -0.309 e. The average molecular weight is 603 g/mol. The van der Waals surface area contributed by atoms with Crippen LogP contribution in [0.25, 0.3) is 55.0 Å². The zero-order chi connectivity index (χ0) is 30.0. The molecule has 0 amide bonds. The Kier molecular flexibility index (Phi) is 4.74. The van der Waals surface area contributed by atoms with Gasteiger partial charge in [-0.25, -0.2) is 0 Å². The summed E-state index contributed by atoms with van der Waals surface area (Å²) in [6.45, 7) is 0. The van der Waals surface area contributed by atoms with Crippen LogP contribution in [0, 0.1) is 0 Å².